The monoisotopic (exact) mass is 529 g/mol. The number of ether oxygens (including phenoxy) is 1. The quantitative estimate of drug-likeness (QED) is 0.359. The molecule has 1 amide bonds. The van der Waals surface area contributed by atoms with E-state index in [-0.39, 0.29) is 43.7 Å². The second-order valence-electron chi connectivity index (χ2n) is 8.99. The number of amides is 1. The molecule has 0 spiro atoms. The van der Waals surface area contributed by atoms with E-state index < -0.39 is 10.0 Å². The van der Waals surface area contributed by atoms with Gasteiger partial charge in [0.2, 0.25) is 15.9 Å². The van der Waals surface area contributed by atoms with Crippen molar-refractivity contribution >= 4 is 15.9 Å². The second-order valence-corrected chi connectivity index (χ2v) is 11.0. The molecule has 1 aliphatic heterocycles. The molecule has 0 aliphatic carbocycles. The van der Waals surface area contributed by atoms with E-state index in [0.717, 1.165) is 18.7 Å². The number of benzene rings is 2. The van der Waals surface area contributed by atoms with Crippen molar-refractivity contribution in [2.24, 2.45) is 0 Å². The van der Waals surface area contributed by atoms with Gasteiger partial charge < -0.3 is 14.1 Å². The van der Waals surface area contributed by atoms with E-state index in [9.17, 15) is 17.6 Å². The number of rotatable bonds is 12. The first-order chi connectivity index (χ1) is 17.9. The second kappa shape index (κ2) is 13.0. The summed E-state index contributed by atoms with van der Waals surface area (Å²) in [4.78, 5) is 17.2. The van der Waals surface area contributed by atoms with Crippen molar-refractivity contribution < 1.29 is 26.8 Å². The van der Waals surface area contributed by atoms with Crippen LogP contribution in [0.25, 0.3) is 0 Å². The molecule has 2 heterocycles. The summed E-state index contributed by atoms with van der Waals surface area (Å²) >= 11 is 0. The van der Waals surface area contributed by atoms with Gasteiger partial charge in [-0.3, -0.25) is 9.69 Å². The van der Waals surface area contributed by atoms with Crippen molar-refractivity contribution in [3.8, 4) is 0 Å². The zero-order valence-corrected chi connectivity index (χ0v) is 21.5. The molecule has 0 atom stereocenters. The summed E-state index contributed by atoms with van der Waals surface area (Å²) < 4.78 is 52.5. The highest BCUT2D eigenvalue weighted by Crippen LogP contribution is 2.16. The van der Waals surface area contributed by atoms with E-state index >= 15 is 0 Å². The number of halogens is 1. The highest BCUT2D eigenvalue weighted by atomic mass is 32.2. The molecule has 0 saturated carbocycles. The molecule has 4 rings (SSSR count). The largest absolute Gasteiger partial charge is 0.467 e. The van der Waals surface area contributed by atoms with Gasteiger partial charge in [0.05, 0.1) is 38.3 Å². The van der Waals surface area contributed by atoms with E-state index in [1.807, 2.05) is 6.07 Å². The minimum Gasteiger partial charge on any atom is -0.467 e. The van der Waals surface area contributed by atoms with Gasteiger partial charge in [-0.25, -0.2) is 12.8 Å². The van der Waals surface area contributed by atoms with Crippen molar-refractivity contribution in [3.63, 3.8) is 0 Å². The van der Waals surface area contributed by atoms with Crippen molar-refractivity contribution in [3.05, 3.63) is 95.7 Å². The molecule has 2 aromatic carbocycles. The molecule has 10 heteroatoms. The van der Waals surface area contributed by atoms with Crippen LogP contribution in [0, 0.1) is 5.82 Å². The summed E-state index contributed by atoms with van der Waals surface area (Å²) in [5.74, 6) is -0.351. The fraction of sp³-hybridized carbons (Fsp3) is 0.370. The summed E-state index contributed by atoms with van der Waals surface area (Å²) in [6, 6.07) is 18.3. The van der Waals surface area contributed by atoms with Gasteiger partial charge in [0.25, 0.3) is 0 Å². The van der Waals surface area contributed by atoms with Gasteiger partial charge >= 0.3 is 0 Å². The van der Waals surface area contributed by atoms with Crippen LogP contribution in [0.5, 0.6) is 0 Å². The lowest BCUT2D eigenvalue weighted by molar-refractivity contribution is -0.133. The van der Waals surface area contributed by atoms with Crippen LogP contribution in [0.2, 0.25) is 0 Å². The number of furan rings is 1. The molecule has 1 fully saturated rings. The molecule has 8 nitrogen and oxygen atoms in total. The van der Waals surface area contributed by atoms with Gasteiger partial charge in [-0.15, -0.1) is 0 Å². The molecule has 198 valence electrons. The van der Waals surface area contributed by atoms with E-state index in [2.05, 4.69) is 4.90 Å². The standard InChI is InChI=1S/C27H32FN3O5S/c28-25-10-8-23(9-11-25)19-30(20-26-7-4-16-36-26)27(32)21-31(13-12-29-14-17-35-18-15-29)37(33,34)22-24-5-2-1-3-6-24/h1-11,16H,12-15,17-22H2. The average Bonchev–Trinajstić information content (AvgIpc) is 3.41. The lowest BCUT2D eigenvalue weighted by Gasteiger charge is -2.31. The van der Waals surface area contributed by atoms with E-state index in [1.165, 1.54) is 27.6 Å². The summed E-state index contributed by atoms with van der Waals surface area (Å²) in [6.07, 6.45) is 1.52. The first-order valence-corrected chi connectivity index (χ1v) is 13.9. The Morgan fingerprint density at radius 2 is 1.65 bits per heavy atom. The maximum absolute atomic E-state index is 13.6. The average molecular weight is 530 g/mol. The zero-order valence-electron chi connectivity index (χ0n) is 20.7. The normalized spacial score (nSPS) is 14.6. The fourth-order valence-corrected chi connectivity index (χ4v) is 5.62. The Kier molecular flexibility index (Phi) is 9.45. The number of hydrogen-bond acceptors (Lipinski definition) is 6. The molecular weight excluding hydrogens is 497 g/mol. The molecule has 0 N–H and O–H groups in total. The number of carbonyl (C=O) groups excluding carboxylic acids is 1. The molecule has 0 radical (unpaired) electrons. The highest BCUT2D eigenvalue weighted by molar-refractivity contribution is 7.88. The van der Waals surface area contributed by atoms with Crippen molar-refractivity contribution in [2.45, 2.75) is 18.8 Å². The number of sulfonamides is 1. The van der Waals surface area contributed by atoms with Crippen LogP contribution in [-0.2, 0) is 38.4 Å². The maximum atomic E-state index is 13.6. The molecule has 1 saturated heterocycles. The molecule has 1 aromatic heterocycles. The molecule has 0 unspecified atom stereocenters. The smallest absolute Gasteiger partial charge is 0.238 e. The number of nitrogens with zero attached hydrogens (tertiary/aromatic N) is 3. The Bertz CT molecular complexity index is 1210. The van der Waals surface area contributed by atoms with E-state index in [0.29, 0.717) is 31.1 Å². The predicted octanol–water partition coefficient (Wildman–Crippen LogP) is 3.11. The van der Waals surface area contributed by atoms with Gasteiger partial charge in [-0.2, -0.15) is 4.31 Å². The molecule has 3 aromatic rings. The minimum absolute atomic E-state index is 0.166. The Hall–Kier alpha value is -3.05. The third-order valence-corrected chi connectivity index (χ3v) is 8.03. The summed E-state index contributed by atoms with van der Waals surface area (Å²) in [6.45, 7) is 3.38. The number of carbonyl (C=O) groups is 1. The third kappa shape index (κ3) is 8.22. The maximum Gasteiger partial charge on any atom is 0.238 e. The molecule has 0 bridgehead atoms. The highest BCUT2D eigenvalue weighted by Gasteiger charge is 2.28. The van der Waals surface area contributed by atoms with Crippen LogP contribution in [0.1, 0.15) is 16.9 Å². The van der Waals surface area contributed by atoms with Crippen LogP contribution in [0.3, 0.4) is 0 Å². The van der Waals surface area contributed by atoms with Crippen LogP contribution in [0.15, 0.2) is 77.4 Å². The Labute approximate surface area is 217 Å². The van der Waals surface area contributed by atoms with Crippen molar-refractivity contribution in [2.75, 3.05) is 45.9 Å². The lowest BCUT2D eigenvalue weighted by atomic mass is 10.2. The van der Waals surface area contributed by atoms with Crippen molar-refractivity contribution in [1.29, 1.82) is 0 Å². The predicted molar refractivity (Wildman–Crippen MR) is 137 cm³/mol. The fourth-order valence-electron chi connectivity index (χ4n) is 4.15. The van der Waals surface area contributed by atoms with E-state index in [4.69, 9.17) is 9.15 Å². The number of morpholine rings is 1. The van der Waals surface area contributed by atoms with Crippen LogP contribution in [0.4, 0.5) is 4.39 Å². The SMILES string of the molecule is O=C(CN(CCN1CCOCC1)S(=O)(=O)Cc1ccccc1)N(Cc1ccc(F)cc1)Cc1ccco1. The molecular formula is C27H32FN3O5S. The van der Waals surface area contributed by atoms with Crippen molar-refractivity contribution in [1.82, 2.24) is 14.1 Å². The first kappa shape index (κ1) is 27.0. The van der Waals surface area contributed by atoms with Crippen LogP contribution >= 0.6 is 0 Å². The molecule has 1 aliphatic rings. The third-order valence-electron chi connectivity index (χ3n) is 6.23. The summed E-state index contributed by atoms with van der Waals surface area (Å²) in [7, 11) is -3.79. The van der Waals surface area contributed by atoms with Gasteiger partial charge in [-0.05, 0) is 35.4 Å². The van der Waals surface area contributed by atoms with E-state index in [1.54, 1.807) is 48.5 Å². The number of hydrogen-bond donors (Lipinski definition) is 0. The van der Waals surface area contributed by atoms with Gasteiger partial charge in [0.1, 0.15) is 11.6 Å². The van der Waals surface area contributed by atoms with Crippen LogP contribution < -0.4 is 0 Å². The van der Waals surface area contributed by atoms with Gasteiger partial charge in [0, 0.05) is 32.7 Å². The zero-order chi connectivity index (χ0) is 26.1. The van der Waals surface area contributed by atoms with Crippen LogP contribution in [-0.4, -0.2) is 74.4 Å². The van der Waals surface area contributed by atoms with Gasteiger partial charge in [0.15, 0.2) is 0 Å². The molecule has 37 heavy (non-hydrogen) atoms. The lowest BCUT2D eigenvalue weighted by Crippen LogP contribution is -2.47. The minimum atomic E-state index is -3.79. The Morgan fingerprint density at radius 1 is 0.919 bits per heavy atom. The summed E-state index contributed by atoms with van der Waals surface area (Å²) in [5, 5.41) is 0. The Morgan fingerprint density at radius 3 is 2.32 bits per heavy atom. The summed E-state index contributed by atoms with van der Waals surface area (Å²) in [5.41, 5.74) is 1.39. The Balaban J connectivity index is 1.52. The first-order valence-electron chi connectivity index (χ1n) is 12.3. The topological polar surface area (TPSA) is 83.3 Å². The van der Waals surface area contributed by atoms with Gasteiger partial charge in [-0.1, -0.05) is 42.5 Å².